The molecule has 1 aliphatic rings. The van der Waals surface area contributed by atoms with Gasteiger partial charge in [0.1, 0.15) is 0 Å². The molecule has 3 nitrogen and oxygen atoms in total. The fraction of sp³-hybridized carbons (Fsp3) is 0.533. The molecule has 98 valence electrons. The van der Waals surface area contributed by atoms with Crippen molar-refractivity contribution in [2.45, 2.75) is 44.9 Å². The number of nitrogen functional groups attached to an aromatic ring is 1. The fourth-order valence-corrected chi connectivity index (χ4v) is 2.70. The Balaban J connectivity index is 2.16. The molecule has 0 aromatic heterocycles. The Labute approximate surface area is 108 Å². The van der Waals surface area contributed by atoms with Gasteiger partial charge in [-0.2, -0.15) is 0 Å². The Morgan fingerprint density at radius 1 is 1.33 bits per heavy atom. The van der Waals surface area contributed by atoms with Crippen molar-refractivity contribution in [1.29, 1.82) is 0 Å². The van der Waals surface area contributed by atoms with Crippen molar-refractivity contribution >= 4 is 11.7 Å². The monoisotopic (exact) mass is 247 g/mol. The fourth-order valence-electron chi connectivity index (χ4n) is 2.70. The summed E-state index contributed by atoms with van der Waals surface area (Å²) < 4.78 is 4.97. The molecule has 1 fully saturated rings. The highest BCUT2D eigenvalue weighted by molar-refractivity contribution is 5.90. The van der Waals surface area contributed by atoms with Crippen molar-refractivity contribution in [2.75, 3.05) is 12.3 Å². The average molecular weight is 247 g/mol. The van der Waals surface area contributed by atoms with E-state index in [1.165, 1.54) is 37.7 Å². The highest BCUT2D eigenvalue weighted by Gasteiger charge is 2.18. The van der Waals surface area contributed by atoms with Gasteiger partial charge in [-0.05, 0) is 43.4 Å². The number of nitrogens with two attached hydrogens (primary N) is 1. The van der Waals surface area contributed by atoms with Gasteiger partial charge in [-0.25, -0.2) is 4.79 Å². The van der Waals surface area contributed by atoms with Gasteiger partial charge in [0.25, 0.3) is 0 Å². The summed E-state index contributed by atoms with van der Waals surface area (Å²) in [5, 5.41) is 0. The normalized spacial score (nSPS) is 16.5. The van der Waals surface area contributed by atoms with E-state index in [-0.39, 0.29) is 5.97 Å². The molecule has 0 unspecified atom stereocenters. The van der Waals surface area contributed by atoms with Crippen LogP contribution in [0.25, 0.3) is 0 Å². The number of ether oxygens (including phenoxy) is 1. The number of carbonyl (C=O) groups is 1. The largest absolute Gasteiger partial charge is 0.462 e. The summed E-state index contributed by atoms with van der Waals surface area (Å²) >= 11 is 0. The SMILES string of the molecule is CCOC(=O)c1ccc(C2CCCCC2)c(N)c1. The Kier molecular flexibility index (Phi) is 4.24. The third-order valence-electron chi connectivity index (χ3n) is 3.64. The standard InChI is InChI=1S/C15H21NO2/c1-2-18-15(17)12-8-9-13(14(16)10-12)11-6-4-3-5-7-11/h8-11H,2-7,16H2,1H3. The molecule has 1 aliphatic carbocycles. The van der Waals surface area contributed by atoms with Crippen LogP contribution < -0.4 is 5.73 Å². The van der Waals surface area contributed by atoms with Crippen molar-refractivity contribution in [3.8, 4) is 0 Å². The molecule has 18 heavy (non-hydrogen) atoms. The second-order valence-corrected chi connectivity index (χ2v) is 4.90. The first-order valence-corrected chi connectivity index (χ1v) is 6.79. The van der Waals surface area contributed by atoms with Crippen LogP contribution in [0.5, 0.6) is 0 Å². The smallest absolute Gasteiger partial charge is 0.338 e. The molecule has 0 atom stereocenters. The minimum absolute atomic E-state index is 0.292. The van der Waals surface area contributed by atoms with Gasteiger partial charge in [0.2, 0.25) is 0 Å². The molecule has 0 heterocycles. The molecule has 0 saturated heterocycles. The molecule has 0 bridgehead atoms. The number of esters is 1. The molecule has 2 N–H and O–H groups in total. The van der Waals surface area contributed by atoms with E-state index in [0.29, 0.717) is 18.1 Å². The van der Waals surface area contributed by atoms with Crippen molar-refractivity contribution in [3.05, 3.63) is 29.3 Å². The molecule has 0 aliphatic heterocycles. The third-order valence-corrected chi connectivity index (χ3v) is 3.64. The lowest BCUT2D eigenvalue weighted by atomic mass is 9.83. The summed E-state index contributed by atoms with van der Waals surface area (Å²) in [6, 6.07) is 5.58. The lowest BCUT2D eigenvalue weighted by Gasteiger charge is -2.23. The van der Waals surface area contributed by atoms with Crippen molar-refractivity contribution in [3.63, 3.8) is 0 Å². The van der Waals surface area contributed by atoms with Gasteiger partial charge < -0.3 is 10.5 Å². The zero-order chi connectivity index (χ0) is 13.0. The minimum Gasteiger partial charge on any atom is -0.462 e. The molecular weight excluding hydrogens is 226 g/mol. The van der Waals surface area contributed by atoms with E-state index in [4.69, 9.17) is 10.5 Å². The summed E-state index contributed by atoms with van der Waals surface area (Å²) in [5.41, 5.74) is 8.55. The lowest BCUT2D eigenvalue weighted by Crippen LogP contribution is -2.10. The number of hydrogen-bond donors (Lipinski definition) is 1. The average Bonchev–Trinajstić information content (AvgIpc) is 2.40. The van der Waals surface area contributed by atoms with Crippen LogP contribution in [0.4, 0.5) is 5.69 Å². The molecule has 1 aromatic rings. The van der Waals surface area contributed by atoms with Crippen LogP contribution in [0.2, 0.25) is 0 Å². The van der Waals surface area contributed by atoms with Crippen LogP contribution in [0.1, 0.15) is 60.9 Å². The van der Waals surface area contributed by atoms with Gasteiger partial charge in [-0.3, -0.25) is 0 Å². The highest BCUT2D eigenvalue weighted by Crippen LogP contribution is 2.35. The molecule has 2 rings (SSSR count). The molecule has 1 saturated carbocycles. The van der Waals surface area contributed by atoms with E-state index in [1.807, 2.05) is 12.1 Å². The van der Waals surface area contributed by atoms with Gasteiger partial charge >= 0.3 is 5.97 Å². The Bertz CT molecular complexity index is 423. The maximum Gasteiger partial charge on any atom is 0.338 e. The van der Waals surface area contributed by atoms with Crippen LogP contribution in [-0.4, -0.2) is 12.6 Å². The number of hydrogen-bond acceptors (Lipinski definition) is 3. The lowest BCUT2D eigenvalue weighted by molar-refractivity contribution is 0.0526. The topological polar surface area (TPSA) is 52.3 Å². The highest BCUT2D eigenvalue weighted by atomic mass is 16.5. The van der Waals surface area contributed by atoms with Gasteiger partial charge in [-0.1, -0.05) is 25.3 Å². The molecule has 0 amide bonds. The predicted molar refractivity (Wildman–Crippen MR) is 72.6 cm³/mol. The predicted octanol–water partition coefficient (Wildman–Crippen LogP) is 3.49. The minimum atomic E-state index is -0.292. The van der Waals surface area contributed by atoms with E-state index >= 15 is 0 Å². The van der Waals surface area contributed by atoms with Crippen LogP contribution in [0, 0.1) is 0 Å². The van der Waals surface area contributed by atoms with Gasteiger partial charge in [0.15, 0.2) is 0 Å². The van der Waals surface area contributed by atoms with Crippen molar-refractivity contribution in [2.24, 2.45) is 0 Å². The second kappa shape index (κ2) is 5.89. The van der Waals surface area contributed by atoms with E-state index in [0.717, 1.165) is 5.69 Å². The number of rotatable bonds is 3. The first kappa shape index (κ1) is 12.9. The summed E-state index contributed by atoms with van der Waals surface area (Å²) in [4.78, 5) is 11.6. The zero-order valence-electron chi connectivity index (χ0n) is 10.9. The quantitative estimate of drug-likeness (QED) is 0.657. The third kappa shape index (κ3) is 2.84. The number of benzene rings is 1. The Hall–Kier alpha value is -1.51. The van der Waals surface area contributed by atoms with E-state index in [1.54, 1.807) is 13.0 Å². The second-order valence-electron chi connectivity index (χ2n) is 4.90. The summed E-state index contributed by atoms with van der Waals surface area (Å²) in [5.74, 6) is 0.273. The van der Waals surface area contributed by atoms with Crippen LogP contribution in [0.3, 0.4) is 0 Å². The zero-order valence-corrected chi connectivity index (χ0v) is 10.9. The molecular formula is C15H21NO2. The first-order valence-electron chi connectivity index (χ1n) is 6.79. The maximum absolute atomic E-state index is 11.6. The Morgan fingerprint density at radius 3 is 2.67 bits per heavy atom. The molecule has 1 aromatic carbocycles. The van der Waals surface area contributed by atoms with E-state index in [9.17, 15) is 4.79 Å². The van der Waals surface area contributed by atoms with Crippen LogP contribution >= 0.6 is 0 Å². The van der Waals surface area contributed by atoms with Crippen molar-refractivity contribution < 1.29 is 9.53 Å². The summed E-state index contributed by atoms with van der Waals surface area (Å²) in [6.07, 6.45) is 6.32. The van der Waals surface area contributed by atoms with E-state index < -0.39 is 0 Å². The van der Waals surface area contributed by atoms with Gasteiger partial charge in [0.05, 0.1) is 12.2 Å². The van der Waals surface area contributed by atoms with Crippen LogP contribution in [0.15, 0.2) is 18.2 Å². The summed E-state index contributed by atoms with van der Waals surface area (Å²) in [6.45, 7) is 2.20. The number of anilines is 1. The molecule has 3 heteroatoms. The van der Waals surface area contributed by atoms with Gasteiger partial charge in [0, 0.05) is 5.69 Å². The van der Waals surface area contributed by atoms with E-state index in [2.05, 4.69) is 0 Å². The summed E-state index contributed by atoms with van der Waals surface area (Å²) in [7, 11) is 0. The van der Waals surface area contributed by atoms with Gasteiger partial charge in [-0.15, -0.1) is 0 Å². The Morgan fingerprint density at radius 2 is 2.06 bits per heavy atom. The molecule has 0 spiro atoms. The molecule has 0 radical (unpaired) electrons. The van der Waals surface area contributed by atoms with Crippen LogP contribution in [-0.2, 0) is 4.74 Å². The maximum atomic E-state index is 11.6. The number of carbonyl (C=O) groups excluding carboxylic acids is 1. The van der Waals surface area contributed by atoms with Crippen molar-refractivity contribution in [1.82, 2.24) is 0 Å². The first-order chi connectivity index (χ1) is 8.72.